The van der Waals surface area contributed by atoms with E-state index in [9.17, 15) is 9.90 Å². The topological polar surface area (TPSA) is 66.6 Å². The van der Waals surface area contributed by atoms with Crippen molar-refractivity contribution in [3.63, 3.8) is 0 Å². The summed E-state index contributed by atoms with van der Waals surface area (Å²) in [4.78, 5) is 21.1. The lowest BCUT2D eigenvalue weighted by molar-refractivity contribution is 0.209. The number of aryl methyl sites for hydroxylation is 1. The first-order valence-corrected chi connectivity index (χ1v) is 13.3. The van der Waals surface area contributed by atoms with Gasteiger partial charge in [0.2, 0.25) is 5.43 Å². The van der Waals surface area contributed by atoms with Crippen LogP contribution in [0.15, 0.2) is 39.5 Å². The van der Waals surface area contributed by atoms with Crippen LogP contribution in [0.25, 0.3) is 31.8 Å². The van der Waals surface area contributed by atoms with Crippen molar-refractivity contribution in [3.8, 4) is 16.3 Å². The molecule has 2 aromatic heterocycles. The molecule has 1 N–H and O–H groups in total. The number of benzene rings is 2. The lowest BCUT2D eigenvalue weighted by atomic mass is 9.99. The first kappa shape index (κ1) is 25.4. The Morgan fingerprint density at radius 2 is 1.71 bits per heavy atom. The van der Waals surface area contributed by atoms with E-state index in [4.69, 9.17) is 9.40 Å². The molecule has 0 spiro atoms. The van der Waals surface area contributed by atoms with Crippen LogP contribution in [0.5, 0.6) is 5.75 Å². The molecule has 0 amide bonds. The van der Waals surface area contributed by atoms with Crippen molar-refractivity contribution in [3.05, 3.63) is 57.4 Å². The quantitative estimate of drug-likeness (QED) is 0.279. The Bertz CT molecular complexity index is 1370. The third-order valence-electron chi connectivity index (χ3n) is 6.17. The average Bonchev–Trinajstić information content (AvgIpc) is 3.20. The van der Waals surface area contributed by atoms with Crippen molar-refractivity contribution in [2.75, 3.05) is 13.1 Å². The number of aromatic hydroxyl groups is 1. The molecule has 0 unspecified atom stereocenters. The van der Waals surface area contributed by atoms with Crippen molar-refractivity contribution in [1.82, 2.24) is 9.88 Å². The number of nitrogens with zero attached hydrogens (tertiary/aromatic N) is 2. The molecule has 0 aliphatic carbocycles. The van der Waals surface area contributed by atoms with Gasteiger partial charge in [-0.3, -0.25) is 9.69 Å². The molecule has 2 aromatic carbocycles. The standard InChI is InChI=1S/C29H36N2O3S/c1-16(2)13-31(14-17(3)4)15-20-12-21-26(33)24(29-30-22-10-8-9-11-23(22)35-29)27(18(5)6)34-28(21)19(7)25(20)32/h8-12,16-18,32H,13-15H2,1-7H3. The number of phenolic OH excluding ortho intramolecular Hbond substituents is 1. The minimum absolute atomic E-state index is 0.0112. The van der Waals surface area contributed by atoms with E-state index in [0.717, 1.165) is 28.9 Å². The van der Waals surface area contributed by atoms with E-state index in [2.05, 4.69) is 32.6 Å². The van der Waals surface area contributed by atoms with Crippen LogP contribution in [0, 0.1) is 18.8 Å². The lowest BCUT2D eigenvalue weighted by Gasteiger charge is -2.27. The van der Waals surface area contributed by atoms with E-state index in [1.165, 1.54) is 11.3 Å². The van der Waals surface area contributed by atoms with Gasteiger partial charge in [-0.2, -0.15) is 0 Å². The Balaban J connectivity index is 1.92. The number of hydrogen-bond acceptors (Lipinski definition) is 6. The summed E-state index contributed by atoms with van der Waals surface area (Å²) in [6.45, 7) is 17.1. The Morgan fingerprint density at radius 1 is 1.06 bits per heavy atom. The van der Waals surface area contributed by atoms with Crippen molar-refractivity contribution in [2.24, 2.45) is 11.8 Å². The van der Waals surface area contributed by atoms with Crippen molar-refractivity contribution in [1.29, 1.82) is 0 Å². The summed E-state index contributed by atoms with van der Waals surface area (Å²) in [7, 11) is 0. The second-order valence-corrected chi connectivity index (χ2v) is 11.7. The van der Waals surface area contributed by atoms with E-state index < -0.39 is 0 Å². The molecular weight excluding hydrogens is 456 g/mol. The van der Waals surface area contributed by atoms with Gasteiger partial charge in [0.15, 0.2) is 0 Å². The zero-order valence-electron chi connectivity index (χ0n) is 21.8. The molecule has 4 rings (SSSR count). The fourth-order valence-electron chi connectivity index (χ4n) is 4.75. The van der Waals surface area contributed by atoms with Crippen LogP contribution in [0.1, 0.15) is 64.3 Å². The van der Waals surface area contributed by atoms with Gasteiger partial charge in [-0.25, -0.2) is 4.98 Å². The van der Waals surface area contributed by atoms with Crippen LogP contribution >= 0.6 is 11.3 Å². The van der Waals surface area contributed by atoms with Crippen molar-refractivity contribution >= 4 is 32.5 Å². The highest BCUT2D eigenvalue weighted by molar-refractivity contribution is 7.21. The maximum Gasteiger partial charge on any atom is 0.203 e. The maximum atomic E-state index is 14.0. The smallest absolute Gasteiger partial charge is 0.203 e. The molecule has 0 saturated carbocycles. The van der Waals surface area contributed by atoms with Gasteiger partial charge in [-0.05, 0) is 37.0 Å². The molecule has 0 aliphatic rings. The fourth-order valence-corrected chi connectivity index (χ4v) is 5.76. The maximum absolute atomic E-state index is 14.0. The average molecular weight is 493 g/mol. The lowest BCUT2D eigenvalue weighted by Crippen LogP contribution is -2.31. The Morgan fingerprint density at radius 3 is 2.31 bits per heavy atom. The summed E-state index contributed by atoms with van der Waals surface area (Å²) >= 11 is 1.51. The molecule has 0 bridgehead atoms. The van der Waals surface area contributed by atoms with Gasteiger partial charge < -0.3 is 9.52 Å². The molecular formula is C29H36N2O3S. The van der Waals surface area contributed by atoms with Gasteiger partial charge >= 0.3 is 0 Å². The van der Waals surface area contributed by atoms with Crippen LogP contribution in [0.4, 0.5) is 0 Å². The Labute approximate surface area is 211 Å². The van der Waals surface area contributed by atoms with Crippen LogP contribution in [-0.4, -0.2) is 28.1 Å². The summed E-state index contributed by atoms with van der Waals surface area (Å²) in [6, 6.07) is 9.75. The highest BCUT2D eigenvalue weighted by Gasteiger charge is 2.25. The monoisotopic (exact) mass is 492 g/mol. The number of phenols is 1. The zero-order valence-corrected chi connectivity index (χ0v) is 22.6. The molecule has 0 atom stereocenters. The molecule has 4 aromatic rings. The summed E-state index contributed by atoms with van der Waals surface area (Å²) < 4.78 is 7.42. The summed E-state index contributed by atoms with van der Waals surface area (Å²) in [5.41, 5.74) is 3.16. The van der Waals surface area contributed by atoms with Crippen molar-refractivity contribution in [2.45, 2.75) is 60.9 Å². The van der Waals surface area contributed by atoms with Crippen molar-refractivity contribution < 1.29 is 9.52 Å². The molecule has 186 valence electrons. The summed E-state index contributed by atoms with van der Waals surface area (Å²) in [6.07, 6.45) is 0. The molecule has 2 heterocycles. The van der Waals surface area contributed by atoms with E-state index in [0.29, 0.717) is 51.2 Å². The van der Waals surface area contributed by atoms with Gasteiger partial charge in [-0.15, -0.1) is 11.3 Å². The first-order chi connectivity index (χ1) is 16.6. The minimum atomic E-state index is -0.0855. The van der Waals surface area contributed by atoms with Gasteiger partial charge in [0.25, 0.3) is 0 Å². The second-order valence-electron chi connectivity index (χ2n) is 10.7. The molecule has 0 fully saturated rings. The van der Waals surface area contributed by atoms with E-state index >= 15 is 0 Å². The predicted octanol–water partition coefficient (Wildman–Crippen LogP) is 7.32. The van der Waals surface area contributed by atoms with Crippen LogP contribution in [0.3, 0.4) is 0 Å². The third-order valence-corrected chi connectivity index (χ3v) is 7.22. The highest BCUT2D eigenvalue weighted by atomic mass is 32.1. The van der Waals surface area contributed by atoms with Gasteiger partial charge in [0.1, 0.15) is 22.1 Å². The number of para-hydroxylation sites is 1. The van der Waals surface area contributed by atoms with E-state index in [1.807, 2.05) is 51.1 Å². The van der Waals surface area contributed by atoms with Crippen LogP contribution in [0.2, 0.25) is 0 Å². The predicted molar refractivity (Wildman–Crippen MR) is 147 cm³/mol. The fraction of sp³-hybridized carbons (Fsp3) is 0.448. The number of aromatic nitrogens is 1. The van der Waals surface area contributed by atoms with E-state index in [1.54, 1.807) is 0 Å². The largest absolute Gasteiger partial charge is 0.507 e. The van der Waals surface area contributed by atoms with Crippen LogP contribution < -0.4 is 5.43 Å². The Hall–Kier alpha value is -2.70. The minimum Gasteiger partial charge on any atom is -0.507 e. The zero-order chi connectivity index (χ0) is 25.4. The molecule has 0 saturated heterocycles. The summed E-state index contributed by atoms with van der Waals surface area (Å²) in [5.74, 6) is 1.81. The number of hydrogen-bond donors (Lipinski definition) is 1. The molecule has 6 heteroatoms. The molecule has 5 nitrogen and oxygen atoms in total. The first-order valence-electron chi connectivity index (χ1n) is 12.5. The van der Waals surface area contributed by atoms with Gasteiger partial charge in [0.05, 0.1) is 21.2 Å². The summed E-state index contributed by atoms with van der Waals surface area (Å²) in [5, 5.41) is 12.3. The van der Waals surface area contributed by atoms with Gasteiger partial charge in [-0.1, -0.05) is 53.7 Å². The molecule has 0 radical (unpaired) electrons. The normalized spacial score (nSPS) is 12.3. The van der Waals surface area contributed by atoms with Gasteiger partial charge in [0, 0.05) is 36.7 Å². The number of thiazole rings is 1. The molecule has 35 heavy (non-hydrogen) atoms. The van der Waals surface area contributed by atoms with E-state index in [-0.39, 0.29) is 17.1 Å². The third kappa shape index (κ3) is 5.14. The number of rotatable bonds is 8. The SMILES string of the molecule is Cc1c(O)c(CN(CC(C)C)CC(C)C)cc2c(=O)c(-c3nc4ccccc4s3)c(C(C)C)oc12. The van der Waals surface area contributed by atoms with Crippen LogP contribution in [-0.2, 0) is 6.54 Å². The molecule has 0 aliphatic heterocycles. The highest BCUT2D eigenvalue weighted by Crippen LogP contribution is 2.38. The second kappa shape index (κ2) is 10.1. The number of fused-ring (bicyclic) bond motifs is 2. The Kier molecular flexibility index (Phi) is 7.34.